The highest BCUT2D eigenvalue weighted by molar-refractivity contribution is 6.30. The number of hydrogen-bond acceptors (Lipinski definition) is 4. The number of halogens is 2. The molecule has 0 unspecified atom stereocenters. The van der Waals surface area contributed by atoms with E-state index in [1.54, 1.807) is 7.11 Å². The van der Waals surface area contributed by atoms with Gasteiger partial charge < -0.3 is 20.3 Å². The van der Waals surface area contributed by atoms with Crippen LogP contribution in [0, 0.1) is 5.41 Å². The van der Waals surface area contributed by atoms with Crippen molar-refractivity contribution in [2.75, 3.05) is 33.3 Å². The largest absolute Gasteiger partial charge is 0.497 e. The number of rotatable bonds is 7. The van der Waals surface area contributed by atoms with Crippen molar-refractivity contribution in [1.82, 2.24) is 9.80 Å². The molecule has 2 aliphatic heterocycles. The van der Waals surface area contributed by atoms with Crippen molar-refractivity contribution in [3.05, 3.63) is 64.7 Å². The minimum atomic E-state index is -0.169. The van der Waals surface area contributed by atoms with Gasteiger partial charge in [-0.1, -0.05) is 35.9 Å². The van der Waals surface area contributed by atoms with Crippen LogP contribution in [0.15, 0.2) is 48.5 Å². The fourth-order valence-electron chi connectivity index (χ4n) is 4.89. The highest BCUT2D eigenvalue weighted by Gasteiger charge is 2.47. The molecule has 2 heterocycles. The standard InChI is InChI=1S/C25H32ClN3O2.ClH/c1-31-22-7-5-19(6-8-22)18-29-16-12-25(24(29)30)10-14-28(15-11-25)13-9-23(27)20-3-2-4-21(26)17-20;/h2-8,17,23H,9-16,18,27H2,1H3;1H/t23-;/m0./s1. The lowest BCUT2D eigenvalue weighted by Crippen LogP contribution is -2.45. The van der Waals surface area contributed by atoms with Gasteiger partial charge in [-0.3, -0.25) is 4.79 Å². The number of ether oxygens (including phenoxy) is 1. The summed E-state index contributed by atoms with van der Waals surface area (Å²) in [6.07, 6.45) is 3.75. The van der Waals surface area contributed by atoms with Crippen molar-refractivity contribution in [3.8, 4) is 5.75 Å². The van der Waals surface area contributed by atoms with E-state index in [1.165, 1.54) is 0 Å². The van der Waals surface area contributed by atoms with Gasteiger partial charge in [-0.2, -0.15) is 0 Å². The second-order valence-electron chi connectivity index (χ2n) is 8.90. The fraction of sp³-hybridized carbons (Fsp3) is 0.480. The van der Waals surface area contributed by atoms with Gasteiger partial charge in [0.1, 0.15) is 5.75 Å². The molecule has 0 saturated carbocycles. The van der Waals surface area contributed by atoms with Crippen LogP contribution in [-0.4, -0.2) is 49.0 Å². The predicted octanol–water partition coefficient (Wildman–Crippen LogP) is 4.68. The number of piperidine rings is 1. The lowest BCUT2D eigenvalue weighted by molar-refractivity contribution is -0.138. The van der Waals surface area contributed by atoms with Gasteiger partial charge in [0.25, 0.3) is 0 Å². The van der Waals surface area contributed by atoms with Crippen LogP contribution < -0.4 is 10.5 Å². The maximum absolute atomic E-state index is 13.2. The van der Waals surface area contributed by atoms with Crippen LogP contribution in [0.5, 0.6) is 5.75 Å². The number of benzene rings is 2. The highest BCUT2D eigenvalue weighted by atomic mass is 35.5. The third-order valence-electron chi connectivity index (χ3n) is 6.98. The molecule has 0 radical (unpaired) electrons. The van der Waals surface area contributed by atoms with Crippen molar-refractivity contribution in [1.29, 1.82) is 0 Å². The Hall–Kier alpha value is -1.79. The number of likely N-dealkylation sites (tertiary alicyclic amines) is 2. The summed E-state index contributed by atoms with van der Waals surface area (Å²) in [5.74, 6) is 1.18. The lowest BCUT2D eigenvalue weighted by Gasteiger charge is -2.38. The van der Waals surface area contributed by atoms with Crippen LogP contribution in [-0.2, 0) is 11.3 Å². The number of nitrogens with two attached hydrogens (primary N) is 1. The summed E-state index contributed by atoms with van der Waals surface area (Å²) in [6, 6.07) is 15.8. The molecule has 2 aliphatic rings. The fourth-order valence-corrected chi connectivity index (χ4v) is 5.09. The molecule has 2 N–H and O–H groups in total. The summed E-state index contributed by atoms with van der Waals surface area (Å²) in [7, 11) is 1.67. The quantitative estimate of drug-likeness (QED) is 0.628. The average molecular weight is 478 g/mol. The van der Waals surface area contributed by atoms with Crippen molar-refractivity contribution in [2.45, 2.75) is 38.3 Å². The normalized spacial score (nSPS) is 19.1. The zero-order chi connectivity index (χ0) is 21.8. The van der Waals surface area contributed by atoms with Crippen molar-refractivity contribution in [3.63, 3.8) is 0 Å². The Labute approximate surface area is 202 Å². The first-order valence-corrected chi connectivity index (χ1v) is 11.5. The van der Waals surface area contributed by atoms with Crippen LogP contribution in [0.1, 0.15) is 42.9 Å². The molecule has 2 saturated heterocycles. The molecular formula is C25H33Cl2N3O2. The number of amides is 1. The van der Waals surface area contributed by atoms with Crippen molar-refractivity contribution in [2.24, 2.45) is 11.1 Å². The van der Waals surface area contributed by atoms with E-state index in [-0.39, 0.29) is 23.9 Å². The molecule has 7 heteroatoms. The van der Waals surface area contributed by atoms with E-state index in [1.807, 2.05) is 53.4 Å². The predicted molar refractivity (Wildman–Crippen MR) is 131 cm³/mol. The summed E-state index contributed by atoms with van der Waals surface area (Å²) in [6.45, 7) is 4.41. The van der Waals surface area contributed by atoms with Crippen LogP contribution in [0.2, 0.25) is 5.02 Å². The van der Waals surface area contributed by atoms with E-state index in [0.717, 1.165) is 73.8 Å². The molecule has 2 aromatic rings. The topological polar surface area (TPSA) is 58.8 Å². The van der Waals surface area contributed by atoms with Crippen molar-refractivity contribution < 1.29 is 9.53 Å². The number of nitrogens with zero attached hydrogens (tertiary/aromatic N) is 2. The SMILES string of the molecule is COc1ccc(CN2CCC3(CCN(CC[C@H](N)c4cccc(Cl)c4)CC3)C2=O)cc1.Cl. The Kier molecular flexibility index (Phi) is 8.45. The molecule has 1 spiro atoms. The zero-order valence-electron chi connectivity index (χ0n) is 18.6. The third kappa shape index (κ3) is 5.57. The van der Waals surface area contributed by atoms with E-state index >= 15 is 0 Å². The van der Waals surface area contributed by atoms with Gasteiger partial charge in [-0.15, -0.1) is 12.4 Å². The molecule has 2 aromatic carbocycles. The second kappa shape index (κ2) is 10.9. The van der Waals surface area contributed by atoms with Crippen molar-refractivity contribution >= 4 is 29.9 Å². The van der Waals surface area contributed by atoms with Gasteiger partial charge in [0.2, 0.25) is 5.91 Å². The van der Waals surface area contributed by atoms with Crippen LogP contribution in [0.3, 0.4) is 0 Å². The van der Waals surface area contributed by atoms with E-state index < -0.39 is 0 Å². The Morgan fingerprint density at radius 3 is 2.44 bits per heavy atom. The Bertz CT molecular complexity index is 898. The molecule has 0 bridgehead atoms. The van der Waals surface area contributed by atoms with Gasteiger partial charge >= 0.3 is 0 Å². The second-order valence-corrected chi connectivity index (χ2v) is 9.33. The first kappa shape index (κ1) is 24.8. The summed E-state index contributed by atoms with van der Waals surface area (Å²) in [5, 5.41) is 0.729. The molecule has 4 rings (SSSR count). The lowest BCUT2D eigenvalue weighted by atomic mass is 9.77. The van der Waals surface area contributed by atoms with Crippen LogP contribution in [0.4, 0.5) is 0 Å². The van der Waals surface area contributed by atoms with Crippen LogP contribution >= 0.6 is 24.0 Å². The molecule has 1 amide bonds. The Morgan fingerprint density at radius 2 is 1.78 bits per heavy atom. The van der Waals surface area contributed by atoms with Gasteiger partial charge in [0.05, 0.1) is 12.5 Å². The summed E-state index contributed by atoms with van der Waals surface area (Å²) < 4.78 is 5.23. The molecule has 1 atom stereocenters. The first-order valence-electron chi connectivity index (χ1n) is 11.1. The van der Waals surface area contributed by atoms with E-state index in [4.69, 9.17) is 22.1 Å². The molecular weight excluding hydrogens is 445 g/mol. The Balaban J connectivity index is 0.00000289. The molecule has 5 nitrogen and oxygen atoms in total. The minimum absolute atomic E-state index is 0. The first-order chi connectivity index (χ1) is 15.0. The van der Waals surface area contributed by atoms with Gasteiger partial charge in [0.15, 0.2) is 0 Å². The van der Waals surface area contributed by atoms with Crippen LogP contribution in [0.25, 0.3) is 0 Å². The van der Waals surface area contributed by atoms with E-state index in [2.05, 4.69) is 4.90 Å². The monoisotopic (exact) mass is 477 g/mol. The average Bonchev–Trinajstić information content (AvgIpc) is 3.09. The highest BCUT2D eigenvalue weighted by Crippen LogP contribution is 2.42. The maximum Gasteiger partial charge on any atom is 0.229 e. The Morgan fingerprint density at radius 1 is 1.09 bits per heavy atom. The van der Waals surface area contributed by atoms with Gasteiger partial charge in [-0.05, 0) is 80.7 Å². The molecule has 32 heavy (non-hydrogen) atoms. The number of methoxy groups -OCH3 is 1. The zero-order valence-corrected chi connectivity index (χ0v) is 20.2. The summed E-state index contributed by atoms with van der Waals surface area (Å²) >= 11 is 6.09. The van der Waals surface area contributed by atoms with Gasteiger partial charge in [0, 0.05) is 24.2 Å². The third-order valence-corrected chi connectivity index (χ3v) is 7.22. The maximum atomic E-state index is 13.2. The smallest absolute Gasteiger partial charge is 0.229 e. The number of hydrogen-bond donors (Lipinski definition) is 1. The number of carbonyl (C=O) groups is 1. The molecule has 174 valence electrons. The molecule has 2 fully saturated rings. The number of carbonyl (C=O) groups excluding carboxylic acids is 1. The summed E-state index contributed by atoms with van der Waals surface area (Å²) in [5.41, 5.74) is 8.44. The summed E-state index contributed by atoms with van der Waals surface area (Å²) in [4.78, 5) is 17.7. The minimum Gasteiger partial charge on any atom is -0.497 e. The molecule has 0 aliphatic carbocycles. The van der Waals surface area contributed by atoms with E-state index in [9.17, 15) is 4.79 Å². The van der Waals surface area contributed by atoms with Gasteiger partial charge in [-0.25, -0.2) is 0 Å². The van der Waals surface area contributed by atoms with E-state index in [0.29, 0.717) is 12.5 Å². The molecule has 0 aromatic heterocycles.